The maximum atomic E-state index is 14.0. The summed E-state index contributed by atoms with van der Waals surface area (Å²) in [5.74, 6) is 0.404. The minimum Gasteiger partial charge on any atom is -0.467 e. The molecule has 0 heterocycles. The van der Waals surface area contributed by atoms with Crippen molar-refractivity contribution >= 4 is 11.9 Å². The maximum absolute atomic E-state index is 14.0. The highest BCUT2D eigenvalue weighted by atomic mass is 19.1. The Kier molecular flexibility index (Phi) is 4.05. The van der Waals surface area contributed by atoms with Gasteiger partial charge in [-0.3, -0.25) is 4.79 Å². The third-order valence-corrected chi connectivity index (χ3v) is 6.53. The number of rotatable bonds is 4. The van der Waals surface area contributed by atoms with Gasteiger partial charge in [0.25, 0.3) is 5.91 Å². The van der Waals surface area contributed by atoms with E-state index < -0.39 is 23.7 Å². The number of hydrogen-bond acceptors (Lipinski definition) is 3. The van der Waals surface area contributed by atoms with E-state index in [2.05, 4.69) is 5.32 Å². The minimum atomic E-state index is -0.696. The van der Waals surface area contributed by atoms with Crippen LogP contribution in [0.4, 0.5) is 4.39 Å². The van der Waals surface area contributed by atoms with Crippen LogP contribution in [-0.2, 0) is 9.53 Å². The van der Waals surface area contributed by atoms with Crippen molar-refractivity contribution in [1.29, 1.82) is 0 Å². The van der Waals surface area contributed by atoms with Gasteiger partial charge in [0.05, 0.1) is 12.7 Å². The molecule has 1 amide bonds. The number of amides is 1. The number of halogens is 1. The first-order chi connectivity index (χ1) is 12.0. The van der Waals surface area contributed by atoms with Gasteiger partial charge in [0.15, 0.2) is 0 Å². The van der Waals surface area contributed by atoms with Gasteiger partial charge >= 0.3 is 5.97 Å². The lowest BCUT2D eigenvalue weighted by molar-refractivity contribution is -0.154. The molecule has 1 aromatic rings. The van der Waals surface area contributed by atoms with Crippen molar-refractivity contribution in [1.82, 2.24) is 5.32 Å². The molecule has 0 unspecified atom stereocenters. The van der Waals surface area contributed by atoms with Crippen LogP contribution in [-0.4, -0.2) is 25.0 Å². The van der Waals surface area contributed by atoms with Gasteiger partial charge in [-0.2, -0.15) is 0 Å². The average Bonchev–Trinajstić information content (AvgIpc) is 2.58. The van der Waals surface area contributed by atoms with E-state index in [9.17, 15) is 14.0 Å². The molecule has 1 atom stereocenters. The van der Waals surface area contributed by atoms with Gasteiger partial charge in [-0.15, -0.1) is 0 Å². The predicted octanol–water partition coefficient (Wildman–Crippen LogP) is 3.31. The lowest BCUT2D eigenvalue weighted by atomic mass is 9.47. The Morgan fingerprint density at radius 1 is 1.12 bits per heavy atom. The van der Waals surface area contributed by atoms with Crippen LogP contribution in [0.1, 0.15) is 48.9 Å². The van der Waals surface area contributed by atoms with Crippen LogP contribution in [0, 0.1) is 29.0 Å². The molecule has 4 aliphatic carbocycles. The van der Waals surface area contributed by atoms with Crippen LogP contribution in [0.2, 0.25) is 0 Å². The number of benzene rings is 1. The largest absolute Gasteiger partial charge is 0.467 e. The zero-order valence-electron chi connectivity index (χ0n) is 14.5. The van der Waals surface area contributed by atoms with Crippen molar-refractivity contribution in [2.75, 3.05) is 7.11 Å². The van der Waals surface area contributed by atoms with Gasteiger partial charge in [0, 0.05) is 5.41 Å². The Labute approximate surface area is 147 Å². The van der Waals surface area contributed by atoms with E-state index in [4.69, 9.17) is 4.74 Å². The van der Waals surface area contributed by atoms with Crippen molar-refractivity contribution in [3.63, 3.8) is 0 Å². The fraction of sp³-hybridized carbons (Fsp3) is 0.600. The van der Waals surface area contributed by atoms with Gasteiger partial charge in [0.1, 0.15) is 11.9 Å². The zero-order chi connectivity index (χ0) is 17.6. The summed E-state index contributed by atoms with van der Waals surface area (Å²) in [4.78, 5) is 25.2. The Morgan fingerprint density at radius 2 is 1.68 bits per heavy atom. The molecule has 4 saturated carbocycles. The molecule has 4 nitrogen and oxygen atoms in total. The van der Waals surface area contributed by atoms with Gasteiger partial charge < -0.3 is 10.1 Å². The molecule has 0 spiro atoms. The summed E-state index contributed by atoms with van der Waals surface area (Å²) in [6.07, 6.45) is 6.60. The monoisotopic (exact) mass is 345 g/mol. The molecule has 4 bridgehead atoms. The summed E-state index contributed by atoms with van der Waals surface area (Å²) in [6.45, 7) is 0. The van der Waals surface area contributed by atoms with E-state index in [-0.39, 0.29) is 11.0 Å². The highest BCUT2D eigenvalue weighted by Crippen LogP contribution is 2.61. The van der Waals surface area contributed by atoms with Gasteiger partial charge in [-0.25, -0.2) is 9.18 Å². The lowest BCUT2D eigenvalue weighted by Gasteiger charge is -2.58. The van der Waals surface area contributed by atoms with E-state index in [0.29, 0.717) is 17.8 Å². The van der Waals surface area contributed by atoms with E-state index in [1.54, 1.807) is 12.1 Å². The molecular weight excluding hydrogens is 321 g/mol. The van der Waals surface area contributed by atoms with Gasteiger partial charge in [0.2, 0.25) is 0 Å². The van der Waals surface area contributed by atoms with Crippen LogP contribution in [0.15, 0.2) is 24.3 Å². The first kappa shape index (κ1) is 16.6. The molecular formula is C20H24FNO3. The molecule has 0 aromatic heterocycles. The second kappa shape index (κ2) is 6.11. The SMILES string of the molecule is COC(=O)[C@@H](NC(=O)c1ccccc1F)C12CC3CC(CC(C3)C1)C2. The zero-order valence-corrected chi connectivity index (χ0v) is 14.5. The molecule has 134 valence electrons. The standard InChI is InChI=1S/C20H24FNO3/c1-25-19(24)17(22-18(23)15-4-2-3-5-16(15)21)20-9-12-6-13(10-20)8-14(7-12)11-20/h2-5,12-14,17H,6-11H2,1H3,(H,22,23)/t12?,13?,14?,17-,20?/m1/s1. The van der Waals surface area contributed by atoms with Crippen LogP contribution in [0.5, 0.6) is 0 Å². The van der Waals surface area contributed by atoms with E-state index >= 15 is 0 Å². The summed E-state index contributed by atoms with van der Waals surface area (Å²) < 4.78 is 19.0. The molecule has 0 saturated heterocycles. The summed E-state index contributed by atoms with van der Waals surface area (Å²) in [6, 6.07) is 5.17. The summed E-state index contributed by atoms with van der Waals surface area (Å²) in [7, 11) is 1.35. The number of carbonyl (C=O) groups excluding carboxylic acids is 2. The fourth-order valence-corrected chi connectivity index (χ4v) is 5.97. The molecule has 5 heteroatoms. The van der Waals surface area contributed by atoms with Crippen molar-refractivity contribution in [3.05, 3.63) is 35.6 Å². The molecule has 1 N–H and O–H groups in total. The third-order valence-electron chi connectivity index (χ3n) is 6.53. The minimum absolute atomic E-state index is 0.0267. The lowest BCUT2D eigenvalue weighted by Crippen LogP contribution is -2.60. The molecule has 4 fully saturated rings. The van der Waals surface area contributed by atoms with Crippen molar-refractivity contribution in [3.8, 4) is 0 Å². The second-order valence-corrected chi connectivity index (χ2v) is 8.19. The normalized spacial score (nSPS) is 33.8. The van der Waals surface area contributed by atoms with E-state index in [0.717, 1.165) is 19.3 Å². The highest BCUT2D eigenvalue weighted by Gasteiger charge is 2.56. The molecule has 25 heavy (non-hydrogen) atoms. The quantitative estimate of drug-likeness (QED) is 0.852. The molecule has 0 radical (unpaired) electrons. The Bertz CT molecular complexity index is 667. The number of esters is 1. The van der Waals surface area contributed by atoms with Crippen LogP contribution >= 0.6 is 0 Å². The molecule has 4 aliphatic rings. The first-order valence-corrected chi connectivity index (χ1v) is 9.14. The van der Waals surface area contributed by atoms with Crippen molar-refractivity contribution in [2.24, 2.45) is 23.2 Å². The topological polar surface area (TPSA) is 55.4 Å². The average molecular weight is 345 g/mol. The summed E-state index contributed by atoms with van der Waals surface area (Å²) >= 11 is 0. The number of carbonyl (C=O) groups is 2. The van der Waals surface area contributed by atoms with E-state index in [1.165, 1.54) is 38.5 Å². The van der Waals surface area contributed by atoms with Gasteiger partial charge in [-0.1, -0.05) is 12.1 Å². The van der Waals surface area contributed by atoms with Crippen LogP contribution in [0.3, 0.4) is 0 Å². The molecule has 1 aromatic carbocycles. The first-order valence-electron chi connectivity index (χ1n) is 9.14. The smallest absolute Gasteiger partial charge is 0.328 e. The molecule has 5 rings (SSSR count). The van der Waals surface area contributed by atoms with Crippen LogP contribution in [0.25, 0.3) is 0 Å². The number of ether oxygens (including phenoxy) is 1. The number of hydrogen-bond donors (Lipinski definition) is 1. The number of nitrogens with one attached hydrogen (secondary N) is 1. The predicted molar refractivity (Wildman–Crippen MR) is 90.3 cm³/mol. The second-order valence-electron chi connectivity index (χ2n) is 8.19. The van der Waals surface area contributed by atoms with Crippen molar-refractivity contribution < 1.29 is 18.7 Å². The van der Waals surface area contributed by atoms with Crippen LogP contribution < -0.4 is 5.32 Å². The number of methoxy groups -OCH3 is 1. The summed E-state index contributed by atoms with van der Waals surface area (Å²) in [5.41, 5.74) is -0.260. The van der Waals surface area contributed by atoms with Crippen molar-refractivity contribution in [2.45, 2.75) is 44.6 Å². The Morgan fingerprint density at radius 3 is 2.20 bits per heavy atom. The molecule has 0 aliphatic heterocycles. The third kappa shape index (κ3) is 2.83. The van der Waals surface area contributed by atoms with Gasteiger partial charge in [-0.05, 0) is 68.4 Å². The fourth-order valence-electron chi connectivity index (χ4n) is 5.97. The Hall–Kier alpha value is -1.91. The highest BCUT2D eigenvalue weighted by molar-refractivity contribution is 5.97. The van der Waals surface area contributed by atoms with E-state index in [1.807, 2.05) is 0 Å². The maximum Gasteiger partial charge on any atom is 0.328 e. The summed E-state index contributed by atoms with van der Waals surface area (Å²) in [5, 5.41) is 2.83. The Balaban J connectivity index is 1.62.